The van der Waals surface area contributed by atoms with Gasteiger partial charge in [-0.3, -0.25) is 47.9 Å². The van der Waals surface area contributed by atoms with Gasteiger partial charge in [-0.05, 0) is 225 Å². The number of nitrogens with one attached hydrogen (secondary N) is 5. The summed E-state index contributed by atoms with van der Waals surface area (Å²) in [5.74, 6) is 1.46. The second-order valence-corrected chi connectivity index (χ2v) is 32.6. The van der Waals surface area contributed by atoms with Gasteiger partial charge in [0.1, 0.15) is 116 Å². The number of amides is 5. The summed E-state index contributed by atoms with van der Waals surface area (Å²) in [4.78, 5) is 174. The van der Waals surface area contributed by atoms with Gasteiger partial charge in [-0.25, -0.2) is 82.8 Å². The van der Waals surface area contributed by atoms with E-state index in [9.17, 15) is 61.1 Å². The Labute approximate surface area is 847 Å². The molecule has 15 rings (SSSR count). The zero-order valence-corrected chi connectivity index (χ0v) is 81.2. The molecule has 44 heteroatoms. The maximum Gasteiger partial charge on any atom is 0.267 e. The molecule has 0 fully saturated rings. The first-order chi connectivity index (χ1) is 70.0. The van der Waals surface area contributed by atoms with Crippen LogP contribution in [-0.2, 0) is 24.0 Å². The second kappa shape index (κ2) is 50.9. The number of hydrogen-bond acceptors (Lipinski definition) is 33. The van der Waals surface area contributed by atoms with E-state index < -0.39 is 65.6 Å². The number of rotatable bonds is 35. The summed E-state index contributed by atoms with van der Waals surface area (Å²) in [6.45, 7) is 22.3. The average molecular weight is 2030 g/mol. The van der Waals surface area contributed by atoms with Crippen molar-refractivity contribution in [1.82, 2.24) is 64.8 Å². The highest BCUT2D eigenvalue weighted by atomic mass is 35.5. The minimum Gasteiger partial charge on any atom is -0.457 e. The summed E-state index contributed by atoms with van der Waals surface area (Å²) in [7, 11) is 0. The molecule has 15 aromatic rings. The van der Waals surface area contributed by atoms with Gasteiger partial charge in [0, 0.05) is 114 Å². The van der Waals surface area contributed by atoms with Crippen LogP contribution in [0.1, 0.15) is 122 Å². The molecule has 8 heterocycles. The molecule has 0 radical (unpaired) electrons. The number of ether oxygens (including phenoxy) is 5. The Hall–Kier alpha value is -19.0. The van der Waals surface area contributed by atoms with Crippen LogP contribution < -0.4 is 78.9 Å². The van der Waals surface area contributed by atoms with Crippen LogP contribution in [0.25, 0.3) is 61.8 Å². The minimum atomic E-state index is -0.727. The Morgan fingerprint density at radius 2 is 0.619 bits per heavy atom. The standard InChI is InChI=1S/C22H19N5O3.C21H18ClFN4O3.C20H18ClN5O3.2C20H18FN5O3/c1-13(14(2)28)25-20-12-19(21(23)29)26-22(27-20)15-4-8-17(9-5-15)30-18-10-6-16(24-3)7-11-18;1-11(12(2)28)25-19-10-17(20(24)29)26-21(27-19)13-3-6-15(7-4-13)30-18-8-5-14(22)9-16(18)23;1-11(12(2)27)24-17-9-16(19(22)28)25-20(26-17)13-3-6-15(7-4-13)29-18-8-5-14(21)10-23-18;1-11(19(22)28)24-17-9-16(12(2)27)25-20(26-17)13-3-8-18(23-10-13)29-15-6-4-14(21)5-7-15;1-11(19(22)28)24-17-10-16(12(2)27)25-20(26-17)13-7-8-23-18(9-13)29-15-5-3-14(21)4-6-15/h4-13H,1-2H3,(H2,23,29)(H,25,26,27);3-11H,1-2H3,(H2,24,29)(H,25,26,27);3*3-11H,1-2H3,(H2,22,28)(H,24,25,26)/t13-;4*11-/m00000/s1. The van der Waals surface area contributed by atoms with Crippen molar-refractivity contribution in [3.05, 3.63) is 316 Å². The SMILES string of the molecule is CC(=O)[C@H](C)Nc1cc(C(N)=O)nc(-c2ccc(Oc3ccc(Cl)cc3F)cc2)n1.CC(=O)[C@H](C)Nc1cc(C(N)=O)nc(-c2ccc(Oc3ccc(Cl)cn3)cc2)n1.CC(=O)c1cc(N[C@@H](C)C(N)=O)nc(-c2ccc(Oc3ccc(F)cc3)nc2)n1.CC(=O)c1cc(N[C@@H](C)C(N)=O)nc(-c2ccnc(Oc3ccc(F)cc3)c2)n1.[C-]#[N+]c1ccc(Oc2ccc(-c3nc(N[C@@H](C)C(C)=O)cc(C(N)=O)n3)cc2)cc1. The molecule has 15 N–H and O–H groups in total. The number of hydrogen-bond donors (Lipinski definition) is 10. The van der Waals surface area contributed by atoms with E-state index in [1.165, 1.54) is 144 Å². The topological polar surface area (TPSA) is 579 Å². The number of aromatic nitrogens is 13. The molecule has 5 amide bonds. The number of nitrogens with zero attached hydrogens (tertiary/aromatic N) is 14. The van der Waals surface area contributed by atoms with E-state index >= 15 is 0 Å². The van der Waals surface area contributed by atoms with Gasteiger partial charge in [-0.1, -0.05) is 35.3 Å². The second-order valence-electron chi connectivity index (χ2n) is 31.7. The smallest absolute Gasteiger partial charge is 0.267 e. The van der Waals surface area contributed by atoms with Crippen molar-refractivity contribution in [3.8, 4) is 115 Å². The molecular weight excluding hydrogens is 1940 g/mol. The van der Waals surface area contributed by atoms with Crippen molar-refractivity contribution in [2.45, 2.75) is 99.4 Å². The lowest BCUT2D eigenvalue weighted by molar-refractivity contribution is -0.119. The number of primary amides is 5. The minimum absolute atomic E-state index is 0.00168. The zero-order chi connectivity index (χ0) is 106. The number of anilines is 5. The Balaban J connectivity index is 0.000000175. The molecule has 147 heavy (non-hydrogen) atoms. The third kappa shape index (κ3) is 32.8. The van der Waals surface area contributed by atoms with Gasteiger partial charge in [0.25, 0.3) is 17.7 Å². The van der Waals surface area contributed by atoms with E-state index in [4.69, 9.17) is 82.1 Å². The molecule has 5 atom stereocenters. The molecule has 0 aliphatic rings. The summed E-state index contributed by atoms with van der Waals surface area (Å²) in [6, 6.07) is 56.5. The number of halogens is 5. The van der Waals surface area contributed by atoms with Crippen LogP contribution in [0, 0.1) is 24.0 Å². The molecule has 0 bridgehead atoms. The molecule has 0 aliphatic heterocycles. The van der Waals surface area contributed by atoms with Gasteiger partial charge >= 0.3 is 0 Å². The number of carbonyl (C=O) groups is 10. The number of carbonyl (C=O) groups excluding carboxylic acids is 10. The van der Waals surface area contributed by atoms with Crippen molar-refractivity contribution < 1.29 is 84.8 Å². The van der Waals surface area contributed by atoms with Gasteiger partial charge in [-0.15, -0.1) is 0 Å². The van der Waals surface area contributed by atoms with Crippen molar-refractivity contribution >= 4 is 116 Å². The zero-order valence-electron chi connectivity index (χ0n) is 79.7. The lowest BCUT2D eigenvalue weighted by atomic mass is 10.2. The first-order valence-electron chi connectivity index (χ1n) is 44.0. The molecule has 39 nitrogen and oxygen atoms in total. The predicted molar refractivity (Wildman–Crippen MR) is 541 cm³/mol. The Bertz CT molecular complexity index is 7210. The van der Waals surface area contributed by atoms with Crippen molar-refractivity contribution in [3.63, 3.8) is 0 Å². The summed E-state index contributed by atoms with van der Waals surface area (Å²) in [5, 5.41) is 15.3. The van der Waals surface area contributed by atoms with Crippen LogP contribution in [0.2, 0.25) is 10.0 Å². The maximum atomic E-state index is 13.9. The van der Waals surface area contributed by atoms with Crippen molar-refractivity contribution in [1.29, 1.82) is 0 Å². The van der Waals surface area contributed by atoms with E-state index in [-0.39, 0.29) is 126 Å². The highest BCUT2D eigenvalue weighted by molar-refractivity contribution is 6.30. The van der Waals surface area contributed by atoms with Gasteiger partial charge in [0.2, 0.25) is 29.5 Å². The Kier molecular flexibility index (Phi) is 37.5. The van der Waals surface area contributed by atoms with E-state index in [1.807, 2.05) is 0 Å². The summed E-state index contributed by atoms with van der Waals surface area (Å²) in [5.41, 5.74) is 30.6. The van der Waals surface area contributed by atoms with Crippen molar-refractivity contribution in [2.24, 2.45) is 28.7 Å². The molecule has 0 aliphatic carbocycles. The largest absolute Gasteiger partial charge is 0.457 e. The van der Waals surface area contributed by atoms with Crippen LogP contribution in [-0.4, -0.2) is 153 Å². The number of benzene rings is 7. The third-order valence-corrected chi connectivity index (χ3v) is 20.7. The first-order valence-corrected chi connectivity index (χ1v) is 44.8. The summed E-state index contributed by atoms with van der Waals surface area (Å²) < 4.78 is 68.0. The molecule has 7 aromatic carbocycles. The Morgan fingerprint density at radius 3 is 0.952 bits per heavy atom. The lowest BCUT2D eigenvalue weighted by Crippen LogP contribution is -2.32. The molecule has 0 saturated heterocycles. The fourth-order valence-corrected chi connectivity index (χ4v) is 12.2. The monoisotopic (exact) mass is 2030 g/mol. The highest BCUT2D eigenvalue weighted by Crippen LogP contribution is 2.34. The third-order valence-electron chi connectivity index (χ3n) is 20.3. The molecule has 8 aromatic heterocycles. The van der Waals surface area contributed by atoms with Gasteiger partial charge < -0.3 is 78.9 Å². The van der Waals surface area contributed by atoms with Crippen LogP contribution in [0.3, 0.4) is 0 Å². The Morgan fingerprint density at radius 1 is 0.313 bits per heavy atom. The van der Waals surface area contributed by atoms with Crippen LogP contribution in [0.4, 0.5) is 47.9 Å². The highest BCUT2D eigenvalue weighted by Gasteiger charge is 2.23. The van der Waals surface area contributed by atoms with Crippen molar-refractivity contribution in [2.75, 3.05) is 26.6 Å². The normalized spacial score (nSPS) is 11.5. The van der Waals surface area contributed by atoms with Gasteiger partial charge in [0.05, 0.1) is 29.7 Å². The first kappa shape index (κ1) is 108. The van der Waals surface area contributed by atoms with Crippen LogP contribution >= 0.6 is 23.2 Å². The maximum absolute atomic E-state index is 13.9. The molecule has 0 spiro atoms. The average Bonchev–Trinajstić information content (AvgIpc) is 0.831. The molecule has 0 saturated carbocycles. The molecular formula is C103H91Cl2F3N24O15. The fourth-order valence-electron chi connectivity index (χ4n) is 11.9. The fraction of sp³-hybridized carbons (Fsp3) is 0.146. The number of Topliss-reactive ketones (excluding diaryl/α,β-unsaturated/α-hetero) is 5. The van der Waals surface area contributed by atoms with Gasteiger partial charge in [-0.2, -0.15) is 0 Å². The van der Waals surface area contributed by atoms with Crippen LogP contribution in [0.15, 0.2) is 249 Å². The van der Waals surface area contributed by atoms with E-state index in [1.54, 1.807) is 168 Å². The number of pyridine rings is 3. The predicted octanol–water partition coefficient (Wildman–Crippen LogP) is 17.6. The van der Waals surface area contributed by atoms with E-state index in [2.05, 4.69) is 96.2 Å². The lowest BCUT2D eigenvalue weighted by Gasteiger charge is -2.13. The number of nitrogens with two attached hydrogens (primary N) is 5. The summed E-state index contributed by atoms with van der Waals surface area (Å²) in [6.07, 6.45) is 4.47. The van der Waals surface area contributed by atoms with Crippen LogP contribution in [0.5, 0.6) is 57.9 Å². The van der Waals surface area contributed by atoms with E-state index in [0.717, 1.165) is 6.07 Å². The molecule has 0 unspecified atom stereocenters. The number of ketones is 5. The van der Waals surface area contributed by atoms with E-state index in [0.29, 0.717) is 102 Å². The van der Waals surface area contributed by atoms with Gasteiger partial charge in [0.15, 0.2) is 75.3 Å². The quantitative estimate of drug-likeness (QED) is 0.0130. The molecule has 748 valence electrons. The summed E-state index contributed by atoms with van der Waals surface area (Å²) >= 11 is 11.5.